The van der Waals surface area contributed by atoms with Gasteiger partial charge in [0.05, 0.1) is 4.34 Å². The predicted molar refractivity (Wildman–Crippen MR) is 73.8 cm³/mol. The molecule has 1 saturated carbocycles. The minimum absolute atomic E-state index is 0.637. The van der Waals surface area contributed by atoms with Gasteiger partial charge in [0.1, 0.15) is 0 Å². The Kier molecular flexibility index (Phi) is 3.19. The Balaban J connectivity index is 1.53. The fourth-order valence-corrected chi connectivity index (χ4v) is 3.21. The Morgan fingerprint density at radius 3 is 2.71 bits per heavy atom. The maximum atomic E-state index is 5.91. The van der Waals surface area contributed by atoms with Crippen LogP contribution in [0.25, 0.3) is 0 Å². The van der Waals surface area contributed by atoms with Gasteiger partial charge < -0.3 is 5.32 Å². The SMILES string of the molecule is Clc1ccc(CNC2CC2c2ccccc2)s1. The lowest BCUT2D eigenvalue weighted by atomic mass is 10.1. The molecule has 1 fully saturated rings. The van der Waals surface area contributed by atoms with Crippen molar-refractivity contribution in [1.82, 2.24) is 5.32 Å². The number of nitrogens with one attached hydrogen (secondary N) is 1. The Morgan fingerprint density at radius 2 is 2.00 bits per heavy atom. The molecule has 3 rings (SSSR count). The van der Waals surface area contributed by atoms with Crippen LogP contribution in [-0.4, -0.2) is 6.04 Å². The van der Waals surface area contributed by atoms with E-state index in [1.807, 2.05) is 6.07 Å². The summed E-state index contributed by atoms with van der Waals surface area (Å²) >= 11 is 7.56. The van der Waals surface area contributed by atoms with Crippen molar-refractivity contribution >= 4 is 22.9 Å². The number of benzene rings is 1. The average Bonchev–Trinajstić information content (AvgIpc) is 3.03. The normalized spacial score (nSPS) is 22.6. The van der Waals surface area contributed by atoms with E-state index in [0.717, 1.165) is 10.9 Å². The smallest absolute Gasteiger partial charge is 0.0931 e. The minimum Gasteiger partial charge on any atom is -0.308 e. The third kappa shape index (κ3) is 2.71. The van der Waals surface area contributed by atoms with Gasteiger partial charge in [0, 0.05) is 23.4 Å². The van der Waals surface area contributed by atoms with Gasteiger partial charge in [-0.3, -0.25) is 0 Å². The Bertz CT molecular complexity index is 494. The van der Waals surface area contributed by atoms with Gasteiger partial charge in [-0.1, -0.05) is 41.9 Å². The second-order valence-electron chi connectivity index (χ2n) is 4.45. The molecule has 1 aromatic carbocycles. The molecule has 0 aliphatic heterocycles. The van der Waals surface area contributed by atoms with Gasteiger partial charge in [-0.05, 0) is 24.1 Å². The van der Waals surface area contributed by atoms with Crippen LogP contribution in [0.2, 0.25) is 4.34 Å². The molecule has 0 bridgehead atoms. The van der Waals surface area contributed by atoms with E-state index < -0.39 is 0 Å². The van der Waals surface area contributed by atoms with E-state index in [0.29, 0.717) is 12.0 Å². The largest absolute Gasteiger partial charge is 0.308 e. The highest BCUT2D eigenvalue weighted by atomic mass is 35.5. The number of hydrogen-bond donors (Lipinski definition) is 1. The van der Waals surface area contributed by atoms with Gasteiger partial charge in [-0.2, -0.15) is 0 Å². The highest BCUT2D eigenvalue weighted by Gasteiger charge is 2.37. The lowest BCUT2D eigenvalue weighted by Crippen LogP contribution is -2.16. The zero-order valence-corrected chi connectivity index (χ0v) is 11.0. The molecule has 1 aromatic heterocycles. The van der Waals surface area contributed by atoms with Crippen molar-refractivity contribution in [3.05, 3.63) is 57.2 Å². The minimum atomic E-state index is 0.637. The van der Waals surface area contributed by atoms with E-state index in [1.54, 1.807) is 11.3 Å². The van der Waals surface area contributed by atoms with E-state index in [4.69, 9.17) is 11.6 Å². The van der Waals surface area contributed by atoms with Crippen LogP contribution in [0.4, 0.5) is 0 Å². The van der Waals surface area contributed by atoms with Crippen LogP contribution >= 0.6 is 22.9 Å². The molecule has 1 N–H and O–H groups in total. The molecule has 0 saturated heterocycles. The topological polar surface area (TPSA) is 12.0 Å². The zero-order chi connectivity index (χ0) is 11.7. The van der Waals surface area contributed by atoms with E-state index >= 15 is 0 Å². The first-order chi connectivity index (χ1) is 8.33. The molecule has 2 unspecified atom stereocenters. The molecular formula is C14H14ClNS. The predicted octanol–water partition coefficient (Wildman–Crippen LogP) is 4.05. The van der Waals surface area contributed by atoms with Crippen molar-refractivity contribution in [2.45, 2.75) is 24.9 Å². The number of hydrogen-bond acceptors (Lipinski definition) is 2. The summed E-state index contributed by atoms with van der Waals surface area (Å²) in [4.78, 5) is 1.31. The molecule has 3 heteroatoms. The number of thiophene rings is 1. The second-order valence-corrected chi connectivity index (χ2v) is 6.25. The lowest BCUT2D eigenvalue weighted by molar-refractivity contribution is 0.679. The quantitative estimate of drug-likeness (QED) is 0.878. The van der Waals surface area contributed by atoms with E-state index in [-0.39, 0.29) is 0 Å². The zero-order valence-electron chi connectivity index (χ0n) is 9.40. The van der Waals surface area contributed by atoms with E-state index in [2.05, 4.69) is 41.7 Å². The maximum Gasteiger partial charge on any atom is 0.0931 e. The van der Waals surface area contributed by atoms with E-state index in [9.17, 15) is 0 Å². The van der Waals surface area contributed by atoms with Crippen molar-refractivity contribution in [2.24, 2.45) is 0 Å². The van der Waals surface area contributed by atoms with Crippen molar-refractivity contribution in [3.63, 3.8) is 0 Å². The first-order valence-corrected chi connectivity index (χ1v) is 7.05. The van der Waals surface area contributed by atoms with Crippen molar-refractivity contribution < 1.29 is 0 Å². The second kappa shape index (κ2) is 4.81. The third-order valence-electron chi connectivity index (χ3n) is 3.19. The highest BCUT2D eigenvalue weighted by molar-refractivity contribution is 7.16. The summed E-state index contributed by atoms with van der Waals surface area (Å²) in [5.41, 5.74) is 1.45. The van der Waals surface area contributed by atoms with Crippen molar-refractivity contribution in [2.75, 3.05) is 0 Å². The molecule has 1 nitrogen and oxygen atoms in total. The van der Waals surface area contributed by atoms with Crippen LogP contribution in [0.1, 0.15) is 22.8 Å². The first-order valence-electron chi connectivity index (χ1n) is 5.85. The molecule has 17 heavy (non-hydrogen) atoms. The molecule has 2 atom stereocenters. The molecular weight excluding hydrogens is 250 g/mol. The Morgan fingerprint density at radius 1 is 1.18 bits per heavy atom. The molecule has 2 aromatic rings. The number of halogens is 1. The van der Waals surface area contributed by atoms with Gasteiger partial charge in [-0.15, -0.1) is 11.3 Å². The summed E-state index contributed by atoms with van der Waals surface area (Å²) in [6, 6.07) is 15.4. The van der Waals surface area contributed by atoms with Crippen LogP contribution < -0.4 is 5.32 Å². The summed E-state index contributed by atoms with van der Waals surface area (Å²) in [5, 5.41) is 3.59. The van der Waals surface area contributed by atoms with Gasteiger partial charge in [0.25, 0.3) is 0 Å². The fourth-order valence-electron chi connectivity index (χ4n) is 2.17. The van der Waals surface area contributed by atoms with Crippen LogP contribution in [0.5, 0.6) is 0 Å². The standard InChI is InChI=1S/C14H14ClNS/c15-14-7-6-11(17-14)9-16-13-8-12(13)10-4-2-1-3-5-10/h1-7,12-13,16H,8-9H2. The Hall–Kier alpha value is -0.830. The first kappa shape index (κ1) is 11.3. The molecule has 0 spiro atoms. The molecule has 1 aliphatic carbocycles. The maximum absolute atomic E-state index is 5.91. The Labute approximate surface area is 110 Å². The van der Waals surface area contributed by atoms with Gasteiger partial charge in [0.2, 0.25) is 0 Å². The summed E-state index contributed by atoms with van der Waals surface area (Å²) in [6.07, 6.45) is 1.25. The molecule has 0 amide bonds. The molecule has 88 valence electrons. The molecule has 1 heterocycles. The fraction of sp³-hybridized carbons (Fsp3) is 0.286. The van der Waals surface area contributed by atoms with Crippen LogP contribution in [0, 0.1) is 0 Å². The third-order valence-corrected chi connectivity index (χ3v) is 4.42. The molecule has 1 aliphatic rings. The molecule has 0 radical (unpaired) electrons. The summed E-state index contributed by atoms with van der Waals surface area (Å²) in [6.45, 7) is 0.936. The summed E-state index contributed by atoms with van der Waals surface area (Å²) in [5.74, 6) is 0.701. The van der Waals surface area contributed by atoms with Gasteiger partial charge in [0.15, 0.2) is 0 Å². The van der Waals surface area contributed by atoms with Gasteiger partial charge >= 0.3 is 0 Å². The lowest BCUT2D eigenvalue weighted by Gasteiger charge is -2.02. The van der Waals surface area contributed by atoms with E-state index in [1.165, 1.54) is 16.9 Å². The number of rotatable bonds is 4. The highest BCUT2D eigenvalue weighted by Crippen LogP contribution is 2.40. The van der Waals surface area contributed by atoms with Gasteiger partial charge in [-0.25, -0.2) is 0 Å². The van der Waals surface area contributed by atoms with Crippen molar-refractivity contribution in [3.8, 4) is 0 Å². The van der Waals surface area contributed by atoms with Crippen LogP contribution in [0.15, 0.2) is 42.5 Å². The van der Waals surface area contributed by atoms with Crippen LogP contribution in [0.3, 0.4) is 0 Å². The average molecular weight is 264 g/mol. The summed E-state index contributed by atoms with van der Waals surface area (Å²) < 4.78 is 0.872. The summed E-state index contributed by atoms with van der Waals surface area (Å²) in [7, 11) is 0. The van der Waals surface area contributed by atoms with Crippen LogP contribution in [-0.2, 0) is 6.54 Å². The monoisotopic (exact) mass is 263 g/mol. The van der Waals surface area contributed by atoms with Crippen molar-refractivity contribution in [1.29, 1.82) is 0 Å².